The normalized spacial score (nSPS) is 21.5. The maximum absolute atomic E-state index is 14.8. The van der Waals surface area contributed by atoms with Crippen LogP contribution >= 0.6 is 0 Å². The molecule has 7 heteroatoms. The molecule has 1 unspecified atom stereocenters. The second-order valence-electron chi connectivity index (χ2n) is 7.18. The molecular formula is C22H18F2N2O3. The maximum Gasteiger partial charge on any atom is 0.331 e. The van der Waals surface area contributed by atoms with Gasteiger partial charge in [0.2, 0.25) is 5.91 Å². The summed E-state index contributed by atoms with van der Waals surface area (Å²) in [5.41, 5.74) is -0.618. The Bertz CT molecular complexity index is 1010. The molecule has 29 heavy (non-hydrogen) atoms. The van der Waals surface area contributed by atoms with E-state index in [4.69, 9.17) is 4.74 Å². The average molecular weight is 396 g/mol. The minimum Gasteiger partial charge on any atom is -0.379 e. The van der Waals surface area contributed by atoms with E-state index in [2.05, 4.69) is 11.8 Å². The summed E-state index contributed by atoms with van der Waals surface area (Å²) in [4.78, 5) is 27.4. The Morgan fingerprint density at radius 2 is 1.69 bits per heavy atom. The molecule has 1 atom stereocenters. The summed E-state index contributed by atoms with van der Waals surface area (Å²) < 4.78 is 34.9. The van der Waals surface area contributed by atoms with Crippen molar-refractivity contribution in [2.24, 2.45) is 0 Å². The molecule has 2 heterocycles. The monoisotopic (exact) mass is 396 g/mol. The third-order valence-corrected chi connectivity index (χ3v) is 5.37. The van der Waals surface area contributed by atoms with E-state index in [0.29, 0.717) is 23.5 Å². The van der Waals surface area contributed by atoms with Crippen molar-refractivity contribution in [3.8, 4) is 11.8 Å². The molecule has 2 aliphatic heterocycles. The topological polar surface area (TPSA) is 49.9 Å². The molecule has 0 bridgehead atoms. The molecule has 3 amide bonds. The first kappa shape index (κ1) is 19.1. The van der Waals surface area contributed by atoms with Crippen molar-refractivity contribution in [2.75, 3.05) is 25.2 Å². The van der Waals surface area contributed by atoms with Gasteiger partial charge >= 0.3 is 6.03 Å². The van der Waals surface area contributed by atoms with Gasteiger partial charge in [-0.1, -0.05) is 30.0 Å². The fourth-order valence-electron chi connectivity index (χ4n) is 3.68. The molecule has 0 aromatic heterocycles. The van der Waals surface area contributed by atoms with Crippen molar-refractivity contribution in [2.45, 2.75) is 18.4 Å². The number of halogens is 2. The Balaban J connectivity index is 1.66. The number of urea groups is 1. The van der Waals surface area contributed by atoms with Crippen molar-refractivity contribution in [3.05, 3.63) is 65.2 Å². The molecule has 2 saturated heterocycles. The first-order valence-corrected chi connectivity index (χ1v) is 9.16. The van der Waals surface area contributed by atoms with Crippen LogP contribution in [0.5, 0.6) is 0 Å². The highest BCUT2D eigenvalue weighted by atomic mass is 19.1. The summed E-state index contributed by atoms with van der Waals surface area (Å²) in [6.45, 7) is 0.663. The van der Waals surface area contributed by atoms with Gasteiger partial charge in [-0.3, -0.25) is 4.79 Å². The Labute approximate surface area is 166 Å². The Kier molecular flexibility index (Phi) is 4.81. The second-order valence-corrected chi connectivity index (χ2v) is 7.18. The molecule has 0 aliphatic carbocycles. The van der Waals surface area contributed by atoms with E-state index in [0.717, 1.165) is 12.1 Å². The summed E-state index contributed by atoms with van der Waals surface area (Å²) in [5, 5.41) is 0. The number of carbonyl (C=O) groups excluding carboxylic acids is 2. The highest BCUT2D eigenvalue weighted by Crippen LogP contribution is 2.37. The van der Waals surface area contributed by atoms with E-state index in [1.54, 1.807) is 24.3 Å². The van der Waals surface area contributed by atoms with E-state index < -0.39 is 34.8 Å². The number of imide groups is 1. The Morgan fingerprint density at radius 3 is 2.31 bits per heavy atom. The van der Waals surface area contributed by atoms with Crippen LogP contribution in [0.3, 0.4) is 0 Å². The molecule has 2 aliphatic rings. The van der Waals surface area contributed by atoms with E-state index in [9.17, 15) is 18.4 Å². The van der Waals surface area contributed by atoms with Gasteiger partial charge in [0, 0.05) is 24.8 Å². The number of rotatable bonds is 1. The van der Waals surface area contributed by atoms with E-state index in [-0.39, 0.29) is 18.6 Å². The van der Waals surface area contributed by atoms with E-state index in [1.807, 2.05) is 6.07 Å². The summed E-state index contributed by atoms with van der Waals surface area (Å²) in [7, 11) is 1.52. The molecule has 0 saturated carbocycles. The van der Waals surface area contributed by atoms with Gasteiger partial charge in [-0.2, -0.15) is 0 Å². The Morgan fingerprint density at radius 1 is 1.03 bits per heavy atom. The van der Waals surface area contributed by atoms with Crippen molar-refractivity contribution >= 4 is 17.6 Å². The molecule has 2 fully saturated rings. The standard InChI is InChI=1S/C22H18F2N2O3/c1-25-21(28)26(19(27)13-22(25)9-10-29-14-22)20-17(23)11-16(12-18(20)24)8-7-15-5-3-2-4-6-15/h2-6,11-12H,9-10,13-14H2,1H3. The number of nitrogens with zero attached hydrogens (tertiary/aromatic N) is 2. The van der Waals surface area contributed by atoms with Gasteiger partial charge in [0.25, 0.3) is 0 Å². The summed E-state index contributed by atoms with van der Waals surface area (Å²) >= 11 is 0. The molecule has 5 nitrogen and oxygen atoms in total. The van der Waals surface area contributed by atoms with Gasteiger partial charge < -0.3 is 9.64 Å². The van der Waals surface area contributed by atoms with E-state index >= 15 is 0 Å². The smallest absolute Gasteiger partial charge is 0.331 e. The zero-order valence-corrected chi connectivity index (χ0v) is 15.7. The lowest BCUT2D eigenvalue weighted by Crippen LogP contribution is -2.63. The number of carbonyl (C=O) groups is 2. The Hall–Kier alpha value is -3.24. The number of amides is 3. The van der Waals surface area contributed by atoms with E-state index in [1.165, 1.54) is 11.9 Å². The summed E-state index contributed by atoms with van der Waals surface area (Å²) in [6.07, 6.45) is 0.456. The lowest BCUT2D eigenvalue weighted by atomic mass is 9.89. The van der Waals surface area contributed by atoms with Crippen LogP contribution in [0.4, 0.5) is 19.3 Å². The molecule has 1 spiro atoms. The summed E-state index contributed by atoms with van der Waals surface area (Å²) in [6, 6.07) is 10.3. The SMILES string of the molecule is CN1C(=O)N(c2c(F)cc(C#Cc3ccccc3)cc2F)C(=O)CC12CCOC2. The molecule has 0 radical (unpaired) electrons. The van der Waals surface area contributed by atoms with Crippen LogP contribution in [0.25, 0.3) is 0 Å². The van der Waals surface area contributed by atoms with Crippen LogP contribution < -0.4 is 4.90 Å². The quantitative estimate of drug-likeness (QED) is 0.695. The van der Waals surface area contributed by atoms with Crippen LogP contribution in [-0.4, -0.2) is 42.6 Å². The zero-order valence-electron chi connectivity index (χ0n) is 15.7. The van der Waals surface area contributed by atoms with Crippen molar-refractivity contribution in [1.29, 1.82) is 0 Å². The highest BCUT2D eigenvalue weighted by Gasteiger charge is 2.51. The van der Waals surface area contributed by atoms with Crippen LogP contribution in [0.15, 0.2) is 42.5 Å². The second kappa shape index (κ2) is 7.30. The molecular weight excluding hydrogens is 378 g/mol. The van der Waals surface area contributed by atoms with Crippen LogP contribution in [0, 0.1) is 23.5 Å². The molecule has 0 N–H and O–H groups in total. The van der Waals surface area contributed by atoms with Crippen molar-refractivity contribution in [3.63, 3.8) is 0 Å². The van der Waals surface area contributed by atoms with Crippen molar-refractivity contribution in [1.82, 2.24) is 4.90 Å². The van der Waals surface area contributed by atoms with Gasteiger partial charge in [-0.05, 0) is 30.7 Å². The molecule has 148 valence electrons. The minimum absolute atomic E-state index is 0.0519. The maximum atomic E-state index is 14.8. The predicted molar refractivity (Wildman–Crippen MR) is 102 cm³/mol. The molecule has 2 aromatic carbocycles. The van der Waals surface area contributed by atoms with Gasteiger partial charge in [0.05, 0.1) is 18.6 Å². The number of likely N-dealkylation sites (N-methyl/N-ethyl adjacent to an activating group) is 1. The fraction of sp³-hybridized carbons (Fsp3) is 0.273. The fourth-order valence-corrected chi connectivity index (χ4v) is 3.68. The minimum atomic E-state index is -1.02. The van der Waals surface area contributed by atoms with Crippen molar-refractivity contribution < 1.29 is 23.1 Å². The highest BCUT2D eigenvalue weighted by molar-refractivity contribution is 6.16. The first-order valence-electron chi connectivity index (χ1n) is 9.16. The van der Waals surface area contributed by atoms with Crippen LogP contribution in [0.2, 0.25) is 0 Å². The van der Waals surface area contributed by atoms with Crippen LogP contribution in [-0.2, 0) is 9.53 Å². The number of anilines is 1. The molecule has 4 rings (SSSR count). The average Bonchev–Trinajstić information content (AvgIpc) is 3.17. The number of ether oxygens (including phenoxy) is 1. The van der Waals surface area contributed by atoms with Gasteiger partial charge in [-0.25, -0.2) is 18.5 Å². The van der Waals surface area contributed by atoms with Gasteiger partial charge in [0.1, 0.15) is 5.69 Å². The largest absolute Gasteiger partial charge is 0.379 e. The number of hydrogen-bond donors (Lipinski definition) is 0. The van der Waals surface area contributed by atoms with Gasteiger partial charge in [0.15, 0.2) is 11.6 Å². The molecule has 2 aromatic rings. The zero-order chi connectivity index (χ0) is 20.6. The summed E-state index contributed by atoms with van der Waals surface area (Å²) in [5.74, 6) is 2.83. The number of benzene rings is 2. The first-order chi connectivity index (χ1) is 13.9. The van der Waals surface area contributed by atoms with Crippen LogP contribution in [0.1, 0.15) is 24.0 Å². The third kappa shape index (κ3) is 3.36. The van der Waals surface area contributed by atoms with Gasteiger partial charge in [-0.15, -0.1) is 0 Å². The number of hydrogen-bond acceptors (Lipinski definition) is 3. The third-order valence-electron chi connectivity index (χ3n) is 5.37. The predicted octanol–water partition coefficient (Wildman–Crippen LogP) is 3.31. The lowest BCUT2D eigenvalue weighted by molar-refractivity contribution is -0.122. The lowest BCUT2D eigenvalue weighted by Gasteiger charge is -2.44.